The smallest absolute Gasteiger partial charge is 0.252 e. The van der Waals surface area contributed by atoms with Crippen molar-refractivity contribution in [2.45, 2.75) is 30.9 Å². The van der Waals surface area contributed by atoms with Gasteiger partial charge >= 0.3 is 0 Å². The molecule has 0 N–H and O–H groups in total. The molecule has 1 aliphatic heterocycles. The van der Waals surface area contributed by atoms with Gasteiger partial charge < -0.3 is 4.90 Å². The van der Waals surface area contributed by atoms with Gasteiger partial charge in [0.25, 0.3) is 10.0 Å². The number of rotatable bonds is 6. The van der Waals surface area contributed by atoms with Crippen molar-refractivity contribution < 1.29 is 8.42 Å². The predicted molar refractivity (Wildman–Crippen MR) is 91.3 cm³/mol. The standard InChI is InChI=1S/C14H23BrN2O2S2/c1-3-16(4-2)11-12-7-9-17(10-8-12)21(18,19)14-6-5-13(15)20-14/h5-6,12H,3-4,7-11H2,1-2H3. The predicted octanol–water partition coefficient (Wildman–Crippen LogP) is 3.25. The van der Waals surface area contributed by atoms with Crippen molar-refractivity contribution >= 4 is 37.3 Å². The second-order valence-corrected chi connectivity index (χ2v) is 10.0. The van der Waals surface area contributed by atoms with Crippen molar-refractivity contribution in [3.05, 3.63) is 15.9 Å². The van der Waals surface area contributed by atoms with E-state index in [1.807, 2.05) is 0 Å². The van der Waals surface area contributed by atoms with E-state index in [0.29, 0.717) is 23.2 Å². The van der Waals surface area contributed by atoms with E-state index in [-0.39, 0.29) is 0 Å². The van der Waals surface area contributed by atoms with Crippen molar-refractivity contribution in [3.8, 4) is 0 Å². The van der Waals surface area contributed by atoms with Gasteiger partial charge in [-0.2, -0.15) is 4.31 Å². The Labute approximate surface area is 140 Å². The fourth-order valence-electron chi connectivity index (χ4n) is 2.74. The normalized spacial score (nSPS) is 18.5. The molecule has 0 unspecified atom stereocenters. The lowest BCUT2D eigenvalue weighted by atomic mass is 9.97. The molecular weight excluding hydrogens is 372 g/mol. The maximum absolute atomic E-state index is 12.5. The van der Waals surface area contributed by atoms with Crippen molar-refractivity contribution in [1.29, 1.82) is 0 Å². The van der Waals surface area contributed by atoms with Gasteiger partial charge in [0, 0.05) is 19.6 Å². The van der Waals surface area contributed by atoms with E-state index in [9.17, 15) is 8.42 Å². The number of halogens is 1. The van der Waals surface area contributed by atoms with Crippen LogP contribution >= 0.6 is 27.3 Å². The summed E-state index contributed by atoms with van der Waals surface area (Å²) in [6, 6.07) is 3.48. The Morgan fingerprint density at radius 3 is 2.38 bits per heavy atom. The molecule has 1 aliphatic rings. The van der Waals surface area contributed by atoms with Gasteiger partial charge in [0.1, 0.15) is 4.21 Å². The molecule has 0 aromatic carbocycles. The first kappa shape index (κ1) is 17.4. The molecule has 1 fully saturated rings. The molecule has 21 heavy (non-hydrogen) atoms. The Balaban J connectivity index is 1.94. The highest BCUT2D eigenvalue weighted by Crippen LogP contribution is 2.30. The molecule has 2 rings (SSSR count). The van der Waals surface area contributed by atoms with Gasteiger partial charge in [-0.15, -0.1) is 11.3 Å². The number of sulfonamides is 1. The Kier molecular flexibility index (Phi) is 6.25. The Morgan fingerprint density at radius 1 is 1.29 bits per heavy atom. The van der Waals surface area contributed by atoms with Gasteiger partial charge in [-0.3, -0.25) is 0 Å². The van der Waals surface area contributed by atoms with Crippen LogP contribution in [-0.2, 0) is 10.0 Å². The van der Waals surface area contributed by atoms with E-state index >= 15 is 0 Å². The van der Waals surface area contributed by atoms with Gasteiger partial charge in [0.05, 0.1) is 3.79 Å². The molecule has 0 bridgehead atoms. The Morgan fingerprint density at radius 2 is 1.90 bits per heavy atom. The van der Waals surface area contributed by atoms with E-state index in [2.05, 4.69) is 34.7 Å². The third-order valence-corrected chi connectivity index (χ3v) is 8.12. The van der Waals surface area contributed by atoms with Crippen LogP contribution in [0.5, 0.6) is 0 Å². The second-order valence-electron chi connectivity index (χ2n) is 5.39. The van der Waals surface area contributed by atoms with E-state index in [4.69, 9.17) is 0 Å². The van der Waals surface area contributed by atoms with E-state index in [1.165, 1.54) is 11.3 Å². The summed E-state index contributed by atoms with van der Waals surface area (Å²) in [6.45, 7) is 8.87. The van der Waals surface area contributed by atoms with Gasteiger partial charge in [-0.25, -0.2) is 8.42 Å². The molecule has 7 heteroatoms. The highest BCUT2D eigenvalue weighted by Gasteiger charge is 2.30. The average Bonchev–Trinajstić information content (AvgIpc) is 2.92. The van der Waals surface area contributed by atoms with Gasteiger partial charge in [-0.05, 0) is 59.9 Å². The molecule has 0 radical (unpaired) electrons. The molecule has 2 heterocycles. The molecule has 1 aromatic heterocycles. The summed E-state index contributed by atoms with van der Waals surface area (Å²) in [7, 11) is -3.30. The maximum atomic E-state index is 12.5. The zero-order chi connectivity index (χ0) is 15.5. The third-order valence-electron chi connectivity index (χ3n) is 4.13. The summed E-state index contributed by atoms with van der Waals surface area (Å²) in [4.78, 5) is 2.42. The summed E-state index contributed by atoms with van der Waals surface area (Å²) in [5.74, 6) is 0.617. The van der Waals surface area contributed by atoms with Crippen LogP contribution in [0.3, 0.4) is 0 Å². The summed E-state index contributed by atoms with van der Waals surface area (Å²) < 4.78 is 28.0. The first-order chi connectivity index (χ1) is 9.97. The lowest BCUT2D eigenvalue weighted by Crippen LogP contribution is -2.41. The minimum absolute atomic E-state index is 0.441. The largest absolute Gasteiger partial charge is 0.304 e. The lowest BCUT2D eigenvalue weighted by Gasteiger charge is -2.33. The molecule has 0 atom stereocenters. The summed E-state index contributed by atoms with van der Waals surface area (Å²) in [6.07, 6.45) is 1.92. The number of nitrogens with zero attached hydrogens (tertiary/aromatic N) is 2. The van der Waals surface area contributed by atoms with Crippen LogP contribution in [0, 0.1) is 5.92 Å². The van der Waals surface area contributed by atoms with Crippen molar-refractivity contribution in [2.75, 3.05) is 32.7 Å². The molecule has 0 amide bonds. The van der Waals surface area contributed by atoms with E-state index in [1.54, 1.807) is 16.4 Å². The van der Waals surface area contributed by atoms with Crippen LogP contribution < -0.4 is 0 Å². The molecule has 0 saturated carbocycles. The third kappa shape index (κ3) is 4.28. The Hall–Kier alpha value is 0.0500. The number of piperidine rings is 1. The van der Waals surface area contributed by atoms with Crippen LogP contribution in [-0.4, -0.2) is 50.3 Å². The number of hydrogen-bond acceptors (Lipinski definition) is 4. The van der Waals surface area contributed by atoms with Crippen molar-refractivity contribution in [2.24, 2.45) is 5.92 Å². The van der Waals surface area contributed by atoms with E-state index in [0.717, 1.165) is 36.3 Å². The molecule has 120 valence electrons. The molecule has 0 aliphatic carbocycles. The minimum Gasteiger partial charge on any atom is -0.304 e. The zero-order valence-electron chi connectivity index (χ0n) is 12.6. The van der Waals surface area contributed by atoms with Crippen LogP contribution in [0.2, 0.25) is 0 Å². The molecule has 0 spiro atoms. The average molecular weight is 395 g/mol. The number of thiophene rings is 1. The first-order valence-corrected chi connectivity index (χ1v) is 10.5. The molecular formula is C14H23BrN2O2S2. The van der Waals surface area contributed by atoms with Crippen LogP contribution in [0.4, 0.5) is 0 Å². The van der Waals surface area contributed by atoms with Crippen LogP contribution in [0.25, 0.3) is 0 Å². The van der Waals surface area contributed by atoms with Crippen LogP contribution in [0.15, 0.2) is 20.1 Å². The zero-order valence-corrected chi connectivity index (χ0v) is 15.8. The highest BCUT2D eigenvalue weighted by atomic mass is 79.9. The fraction of sp³-hybridized carbons (Fsp3) is 0.714. The van der Waals surface area contributed by atoms with Gasteiger partial charge in [0.2, 0.25) is 0 Å². The molecule has 4 nitrogen and oxygen atoms in total. The van der Waals surface area contributed by atoms with Crippen LogP contribution in [0.1, 0.15) is 26.7 Å². The highest BCUT2D eigenvalue weighted by molar-refractivity contribution is 9.11. The molecule has 1 aromatic rings. The molecule has 1 saturated heterocycles. The van der Waals surface area contributed by atoms with Gasteiger partial charge in [-0.1, -0.05) is 13.8 Å². The summed E-state index contributed by atoms with van der Waals surface area (Å²) in [5, 5.41) is 0. The minimum atomic E-state index is -3.30. The number of hydrogen-bond donors (Lipinski definition) is 0. The maximum Gasteiger partial charge on any atom is 0.252 e. The quantitative estimate of drug-likeness (QED) is 0.743. The van der Waals surface area contributed by atoms with Gasteiger partial charge in [0.15, 0.2) is 0 Å². The van der Waals surface area contributed by atoms with Crippen molar-refractivity contribution in [3.63, 3.8) is 0 Å². The fourth-order valence-corrected chi connectivity index (χ4v) is 6.38. The van der Waals surface area contributed by atoms with Crippen molar-refractivity contribution in [1.82, 2.24) is 9.21 Å². The van der Waals surface area contributed by atoms with E-state index < -0.39 is 10.0 Å². The Bertz CT molecular complexity index is 547. The monoisotopic (exact) mass is 394 g/mol. The summed E-state index contributed by atoms with van der Waals surface area (Å²) >= 11 is 4.62. The first-order valence-electron chi connectivity index (χ1n) is 7.45. The second kappa shape index (κ2) is 7.55. The lowest BCUT2D eigenvalue weighted by molar-refractivity contribution is 0.194. The topological polar surface area (TPSA) is 40.6 Å². The summed E-state index contributed by atoms with van der Waals surface area (Å²) in [5.41, 5.74) is 0. The SMILES string of the molecule is CCN(CC)CC1CCN(S(=O)(=O)c2ccc(Br)s2)CC1.